The fraction of sp³-hybridized carbons (Fsp3) is 0.600. The van der Waals surface area contributed by atoms with Crippen LogP contribution in [-0.2, 0) is 11.2 Å². The molecule has 0 fully saturated rings. The van der Waals surface area contributed by atoms with E-state index in [0.717, 1.165) is 23.0 Å². The zero-order valence-electron chi connectivity index (χ0n) is 12.1. The summed E-state index contributed by atoms with van der Waals surface area (Å²) in [5.41, 5.74) is 0.527. The van der Waals surface area contributed by atoms with E-state index in [0.29, 0.717) is 6.42 Å². The minimum atomic E-state index is -0.210. The molecular formula is C15H23BrFNO. The number of hydrogen-bond donors (Lipinski definition) is 1. The maximum atomic E-state index is 13.9. The number of rotatable bonds is 7. The Morgan fingerprint density at radius 2 is 2.11 bits per heavy atom. The lowest BCUT2D eigenvalue weighted by atomic mass is 9.94. The van der Waals surface area contributed by atoms with Crippen LogP contribution in [0.4, 0.5) is 4.39 Å². The highest BCUT2D eigenvalue weighted by molar-refractivity contribution is 9.10. The topological polar surface area (TPSA) is 21.3 Å². The molecule has 0 aliphatic rings. The number of methoxy groups -OCH3 is 1. The Kier molecular flexibility index (Phi) is 6.43. The number of ether oxygens (including phenoxy) is 1. The molecule has 0 spiro atoms. The molecular weight excluding hydrogens is 309 g/mol. The maximum Gasteiger partial charge on any atom is 0.127 e. The van der Waals surface area contributed by atoms with Crippen LogP contribution in [0, 0.1) is 5.82 Å². The van der Waals surface area contributed by atoms with E-state index in [4.69, 9.17) is 4.74 Å². The molecule has 0 bridgehead atoms. The minimum Gasteiger partial charge on any atom is -0.379 e. The van der Waals surface area contributed by atoms with Crippen molar-refractivity contribution in [2.45, 2.75) is 45.3 Å². The predicted molar refractivity (Wildman–Crippen MR) is 81.0 cm³/mol. The Balaban J connectivity index is 2.77. The van der Waals surface area contributed by atoms with Crippen LogP contribution < -0.4 is 5.32 Å². The lowest BCUT2D eigenvalue weighted by Gasteiger charge is -2.29. The maximum absolute atomic E-state index is 13.9. The summed E-state index contributed by atoms with van der Waals surface area (Å²) in [6.07, 6.45) is 1.51. The third kappa shape index (κ3) is 5.59. The average molecular weight is 332 g/mol. The van der Waals surface area contributed by atoms with Crippen molar-refractivity contribution in [2.24, 2.45) is 0 Å². The van der Waals surface area contributed by atoms with Gasteiger partial charge in [0.15, 0.2) is 0 Å². The van der Waals surface area contributed by atoms with E-state index >= 15 is 0 Å². The molecule has 2 nitrogen and oxygen atoms in total. The van der Waals surface area contributed by atoms with Gasteiger partial charge in [-0.3, -0.25) is 0 Å². The van der Waals surface area contributed by atoms with Crippen molar-refractivity contribution in [3.8, 4) is 0 Å². The molecule has 0 aliphatic carbocycles. The van der Waals surface area contributed by atoms with Crippen molar-refractivity contribution in [1.82, 2.24) is 5.32 Å². The highest BCUT2D eigenvalue weighted by Crippen LogP contribution is 2.21. The Morgan fingerprint density at radius 1 is 1.42 bits per heavy atom. The van der Waals surface area contributed by atoms with Crippen LogP contribution in [0.5, 0.6) is 0 Å². The fourth-order valence-electron chi connectivity index (χ4n) is 2.13. The van der Waals surface area contributed by atoms with Crippen molar-refractivity contribution in [2.75, 3.05) is 13.7 Å². The van der Waals surface area contributed by atoms with Gasteiger partial charge in [0.1, 0.15) is 5.82 Å². The van der Waals surface area contributed by atoms with Gasteiger partial charge in [-0.15, -0.1) is 0 Å². The average Bonchev–Trinajstić information content (AvgIpc) is 2.32. The predicted octanol–water partition coefficient (Wildman–Crippen LogP) is 3.92. The lowest BCUT2D eigenvalue weighted by molar-refractivity contribution is 0.00720. The third-order valence-corrected chi connectivity index (χ3v) is 3.76. The van der Waals surface area contributed by atoms with Crippen LogP contribution in [0.1, 0.15) is 32.8 Å². The first-order chi connectivity index (χ1) is 8.88. The number of hydrogen-bond acceptors (Lipinski definition) is 2. The second-order valence-corrected chi connectivity index (χ2v) is 6.28. The quantitative estimate of drug-likeness (QED) is 0.817. The van der Waals surface area contributed by atoms with Gasteiger partial charge in [-0.1, -0.05) is 28.9 Å². The molecule has 1 aromatic rings. The van der Waals surface area contributed by atoms with E-state index in [-0.39, 0.29) is 17.5 Å². The first kappa shape index (κ1) is 16.6. The van der Waals surface area contributed by atoms with Gasteiger partial charge in [-0.05, 0) is 50.9 Å². The van der Waals surface area contributed by atoms with Gasteiger partial charge in [0.2, 0.25) is 0 Å². The summed E-state index contributed by atoms with van der Waals surface area (Å²) in [5, 5.41) is 3.40. The van der Waals surface area contributed by atoms with Gasteiger partial charge in [0, 0.05) is 17.6 Å². The minimum absolute atomic E-state index is 0.160. The van der Waals surface area contributed by atoms with Crippen LogP contribution in [0.15, 0.2) is 22.7 Å². The molecule has 1 aromatic carbocycles. The van der Waals surface area contributed by atoms with Crippen molar-refractivity contribution < 1.29 is 9.13 Å². The molecule has 0 radical (unpaired) electrons. The fourth-order valence-corrected chi connectivity index (χ4v) is 2.47. The highest BCUT2D eigenvalue weighted by atomic mass is 79.9. The van der Waals surface area contributed by atoms with Crippen molar-refractivity contribution >= 4 is 15.9 Å². The van der Waals surface area contributed by atoms with Gasteiger partial charge < -0.3 is 10.1 Å². The van der Waals surface area contributed by atoms with Crippen LogP contribution in [0.25, 0.3) is 0 Å². The Bertz CT molecular complexity index is 409. The van der Waals surface area contributed by atoms with Crippen molar-refractivity contribution in [1.29, 1.82) is 0 Å². The Hall–Kier alpha value is -0.450. The third-order valence-electron chi connectivity index (χ3n) is 3.26. The molecule has 0 amide bonds. The molecule has 0 aromatic heterocycles. The van der Waals surface area contributed by atoms with Crippen LogP contribution in [0.3, 0.4) is 0 Å². The normalized spacial score (nSPS) is 13.6. The van der Waals surface area contributed by atoms with E-state index in [1.807, 2.05) is 12.1 Å². The molecule has 0 saturated carbocycles. The van der Waals surface area contributed by atoms with Crippen LogP contribution >= 0.6 is 15.9 Å². The van der Waals surface area contributed by atoms with E-state index in [2.05, 4.69) is 42.0 Å². The molecule has 19 heavy (non-hydrogen) atoms. The van der Waals surface area contributed by atoms with Gasteiger partial charge in [0.25, 0.3) is 0 Å². The van der Waals surface area contributed by atoms with Crippen molar-refractivity contribution in [3.05, 3.63) is 34.1 Å². The Morgan fingerprint density at radius 3 is 2.63 bits per heavy atom. The summed E-state index contributed by atoms with van der Waals surface area (Å²) in [6, 6.07) is 5.43. The lowest BCUT2D eigenvalue weighted by Crippen LogP contribution is -2.39. The molecule has 1 unspecified atom stereocenters. The largest absolute Gasteiger partial charge is 0.379 e. The molecule has 0 aliphatic heterocycles. The summed E-state index contributed by atoms with van der Waals surface area (Å²) in [5.74, 6) is -0.160. The van der Waals surface area contributed by atoms with E-state index in [9.17, 15) is 4.39 Å². The number of likely N-dealkylation sites (N-methyl/N-ethyl adjacent to an activating group) is 1. The van der Waals surface area contributed by atoms with E-state index in [1.54, 1.807) is 7.11 Å². The van der Waals surface area contributed by atoms with Gasteiger partial charge in [-0.25, -0.2) is 4.39 Å². The summed E-state index contributed by atoms with van der Waals surface area (Å²) in [4.78, 5) is 0. The van der Waals surface area contributed by atoms with Gasteiger partial charge >= 0.3 is 0 Å². The summed E-state index contributed by atoms with van der Waals surface area (Å²) >= 11 is 3.28. The number of halogens is 2. The second-order valence-electron chi connectivity index (χ2n) is 5.36. The van der Waals surface area contributed by atoms with E-state index in [1.165, 1.54) is 6.07 Å². The second kappa shape index (κ2) is 7.36. The van der Waals surface area contributed by atoms with E-state index < -0.39 is 0 Å². The number of nitrogens with one attached hydrogen (secondary N) is 1. The zero-order chi connectivity index (χ0) is 14.5. The zero-order valence-corrected chi connectivity index (χ0v) is 13.7. The van der Waals surface area contributed by atoms with Crippen LogP contribution in [-0.4, -0.2) is 25.3 Å². The summed E-state index contributed by atoms with van der Waals surface area (Å²) < 4.78 is 20.1. The molecule has 108 valence electrons. The molecule has 0 saturated heterocycles. The Labute approximate surface area is 123 Å². The van der Waals surface area contributed by atoms with Gasteiger partial charge in [0.05, 0.1) is 5.60 Å². The molecule has 4 heteroatoms. The SMILES string of the molecule is CCNC(Cc1ccc(Br)cc1F)CC(C)(C)OC. The first-order valence-corrected chi connectivity index (χ1v) is 7.39. The summed E-state index contributed by atoms with van der Waals surface area (Å²) in [6.45, 7) is 7.03. The standard InChI is InChI=1S/C15H23BrFNO/c1-5-18-13(10-15(2,3)19-4)8-11-6-7-12(16)9-14(11)17/h6-7,9,13,18H,5,8,10H2,1-4H3. The van der Waals surface area contributed by atoms with Crippen LogP contribution in [0.2, 0.25) is 0 Å². The first-order valence-electron chi connectivity index (χ1n) is 6.60. The molecule has 0 heterocycles. The van der Waals surface area contributed by atoms with Crippen molar-refractivity contribution in [3.63, 3.8) is 0 Å². The van der Waals surface area contributed by atoms with Gasteiger partial charge in [-0.2, -0.15) is 0 Å². The monoisotopic (exact) mass is 331 g/mol. The molecule has 1 rings (SSSR count). The number of benzene rings is 1. The highest BCUT2D eigenvalue weighted by Gasteiger charge is 2.23. The summed E-state index contributed by atoms with van der Waals surface area (Å²) in [7, 11) is 1.71. The molecule has 1 N–H and O–H groups in total. The molecule has 1 atom stereocenters. The smallest absolute Gasteiger partial charge is 0.127 e.